The molecule has 0 saturated carbocycles. The van der Waals surface area contributed by atoms with Crippen LogP contribution in [-0.4, -0.2) is 13.2 Å². The molecule has 1 radical (unpaired) electrons. The highest BCUT2D eigenvalue weighted by Crippen LogP contribution is 2.08. The molecule has 0 amide bonds. The first-order valence-electron chi connectivity index (χ1n) is 4.21. The average molecular weight is 143 g/mol. The SMILES string of the molecule is CC[CH]C(CCCC)OC. The normalized spacial score (nSPS) is 13.5. The van der Waals surface area contributed by atoms with E-state index >= 15 is 0 Å². The minimum absolute atomic E-state index is 0.393. The van der Waals surface area contributed by atoms with E-state index in [-0.39, 0.29) is 0 Å². The number of hydrogen-bond donors (Lipinski definition) is 0. The van der Waals surface area contributed by atoms with E-state index in [0.717, 1.165) is 6.42 Å². The molecule has 0 aliphatic carbocycles. The van der Waals surface area contributed by atoms with Crippen LogP contribution < -0.4 is 0 Å². The second kappa shape index (κ2) is 7.07. The molecule has 10 heavy (non-hydrogen) atoms. The van der Waals surface area contributed by atoms with Crippen LogP contribution in [0.2, 0.25) is 0 Å². The summed E-state index contributed by atoms with van der Waals surface area (Å²) >= 11 is 0. The van der Waals surface area contributed by atoms with Gasteiger partial charge in [0.05, 0.1) is 6.10 Å². The van der Waals surface area contributed by atoms with Crippen LogP contribution in [0.25, 0.3) is 0 Å². The van der Waals surface area contributed by atoms with Crippen LogP contribution in [0.15, 0.2) is 0 Å². The summed E-state index contributed by atoms with van der Waals surface area (Å²) < 4.78 is 5.24. The van der Waals surface area contributed by atoms with Crippen molar-refractivity contribution in [2.24, 2.45) is 0 Å². The molecule has 0 aliphatic heterocycles. The molecule has 0 N–H and O–H groups in total. The summed E-state index contributed by atoms with van der Waals surface area (Å²) in [6.45, 7) is 4.36. The van der Waals surface area contributed by atoms with Crippen LogP contribution in [0.3, 0.4) is 0 Å². The first kappa shape index (κ1) is 9.96. The van der Waals surface area contributed by atoms with Crippen molar-refractivity contribution < 1.29 is 4.74 Å². The van der Waals surface area contributed by atoms with Gasteiger partial charge in [-0.25, -0.2) is 0 Å². The summed E-state index contributed by atoms with van der Waals surface area (Å²) in [5.41, 5.74) is 0. The van der Waals surface area contributed by atoms with Crippen molar-refractivity contribution in [2.45, 2.75) is 45.6 Å². The van der Waals surface area contributed by atoms with Crippen LogP contribution >= 0.6 is 0 Å². The molecule has 0 aromatic heterocycles. The molecule has 1 unspecified atom stereocenters. The molecule has 0 spiro atoms. The lowest BCUT2D eigenvalue weighted by molar-refractivity contribution is 0.116. The smallest absolute Gasteiger partial charge is 0.0603 e. The van der Waals surface area contributed by atoms with Crippen molar-refractivity contribution in [3.05, 3.63) is 6.42 Å². The second-order valence-corrected chi connectivity index (χ2v) is 2.56. The van der Waals surface area contributed by atoms with Gasteiger partial charge in [0.2, 0.25) is 0 Å². The van der Waals surface area contributed by atoms with Crippen molar-refractivity contribution in [2.75, 3.05) is 7.11 Å². The van der Waals surface area contributed by atoms with E-state index in [9.17, 15) is 0 Å². The molecule has 0 heterocycles. The van der Waals surface area contributed by atoms with Gasteiger partial charge in [-0.3, -0.25) is 0 Å². The van der Waals surface area contributed by atoms with E-state index in [0.29, 0.717) is 6.10 Å². The molecule has 0 saturated heterocycles. The van der Waals surface area contributed by atoms with Gasteiger partial charge in [0, 0.05) is 7.11 Å². The Morgan fingerprint density at radius 3 is 2.50 bits per heavy atom. The van der Waals surface area contributed by atoms with Crippen LogP contribution in [0.1, 0.15) is 39.5 Å². The van der Waals surface area contributed by atoms with Gasteiger partial charge in [-0.15, -0.1) is 0 Å². The van der Waals surface area contributed by atoms with Gasteiger partial charge in [0.15, 0.2) is 0 Å². The summed E-state index contributed by atoms with van der Waals surface area (Å²) in [5, 5.41) is 0. The zero-order valence-corrected chi connectivity index (χ0v) is 7.39. The predicted octanol–water partition coefficient (Wildman–Crippen LogP) is 2.81. The lowest BCUT2D eigenvalue weighted by Gasteiger charge is -2.12. The Bertz CT molecular complexity index is 61.7. The van der Waals surface area contributed by atoms with Gasteiger partial charge in [-0.2, -0.15) is 0 Å². The molecule has 0 rings (SSSR count). The zero-order chi connectivity index (χ0) is 7.82. The lowest BCUT2D eigenvalue weighted by atomic mass is 10.1. The average Bonchev–Trinajstić information content (AvgIpc) is 1.98. The Balaban J connectivity index is 3.21. The van der Waals surface area contributed by atoms with Crippen LogP contribution in [-0.2, 0) is 4.74 Å². The van der Waals surface area contributed by atoms with Gasteiger partial charge in [-0.1, -0.05) is 33.1 Å². The molecule has 1 heteroatoms. The van der Waals surface area contributed by atoms with Gasteiger partial charge >= 0.3 is 0 Å². The van der Waals surface area contributed by atoms with Crippen molar-refractivity contribution in [3.63, 3.8) is 0 Å². The van der Waals surface area contributed by atoms with Crippen molar-refractivity contribution in [1.82, 2.24) is 0 Å². The topological polar surface area (TPSA) is 9.23 Å². The van der Waals surface area contributed by atoms with Gasteiger partial charge < -0.3 is 4.74 Å². The number of rotatable bonds is 6. The van der Waals surface area contributed by atoms with Gasteiger partial charge in [0.25, 0.3) is 0 Å². The maximum absolute atomic E-state index is 5.24. The molecule has 1 nitrogen and oxygen atoms in total. The highest BCUT2D eigenvalue weighted by atomic mass is 16.5. The number of unbranched alkanes of at least 4 members (excludes halogenated alkanes) is 1. The zero-order valence-electron chi connectivity index (χ0n) is 7.39. The van der Waals surface area contributed by atoms with E-state index < -0.39 is 0 Å². The largest absolute Gasteiger partial charge is 0.381 e. The predicted molar refractivity (Wildman–Crippen MR) is 44.9 cm³/mol. The first-order chi connectivity index (χ1) is 4.85. The van der Waals surface area contributed by atoms with Crippen molar-refractivity contribution in [1.29, 1.82) is 0 Å². The molecule has 0 bridgehead atoms. The summed E-state index contributed by atoms with van der Waals surface area (Å²) in [6.07, 6.45) is 7.45. The van der Waals surface area contributed by atoms with E-state index in [1.807, 2.05) is 0 Å². The van der Waals surface area contributed by atoms with Crippen molar-refractivity contribution in [3.8, 4) is 0 Å². The minimum atomic E-state index is 0.393. The lowest BCUT2D eigenvalue weighted by Crippen LogP contribution is -2.10. The quantitative estimate of drug-likeness (QED) is 0.555. The summed E-state index contributed by atoms with van der Waals surface area (Å²) in [7, 11) is 1.78. The summed E-state index contributed by atoms with van der Waals surface area (Å²) in [4.78, 5) is 0. The molecule has 61 valence electrons. The maximum atomic E-state index is 5.24. The van der Waals surface area contributed by atoms with E-state index in [1.165, 1.54) is 19.3 Å². The monoisotopic (exact) mass is 143 g/mol. The molecule has 0 aliphatic rings. The second-order valence-electron chi connectivity index (χ2n) is 2.56. The number of hydrogen-bond acceptors (Lipinski definition) is 1. The van der Waals surface area contributed by atoms with E-state index in [2.05, 4.69) is 20.3 Å². The van der Waals surface area contributed by atoms with Crippen LogP contribution in [0.5, 0.6) is 0 Å². The van der Waals surface area contributed by atoms with Crippen LogP contribution in [0.4, 0.5) is 0 Å². The molecule has 0 aromatic carbocycles. The molecule has 0 fully saturated rings. The maximum Gasteiger partial charge on any atom is 0.0603 e. The van der Waals surface area contributed by atoms with Crippen molar-refractivity contribution >= 4 is 0 Å². The number of ether oxygens (including phenoxy) is 1. The fourth-order valence-electron chi connectivity index (χ4n) is 1.00. The van der Waals surface area contributed by atoms with Gasteiger partial charge in [0.1, 0.15) is 0 Å². The fourth-order valence-corrected chi connectivity index (χ4v) is 1.00. The molecule has 0 aromatic rings. The number of methoxy groups -OCH3 is 1. The Labute approximate surface area is 64.8 Å². The Hall–Kier alpha value is -0.0400. The fraction of sp³-hybridized carbons (Fsp3) is 0.889. The molecular formula is C9H19O. The standard InChI is InChI=1S/C9H19O/c1-4-6-8-9(10-3)7-5-2/h7,9H,4-6,8H2,1-3H3. The third-order valence-electron chi connectivity index (χ3n) is 1.64. The first-order valence-corrected chi connectivity index (χ1v) is 4.21. The minimum Gasteiger partial charge on any atom is -0.381 e. The summed E-state index contributed by atoms with van der Waals surface area (Å²) in [5.74, 6) is 0. The summed E-state index contributed by atoms with van der Waals surface area (Å²) in [6, 6.07) is 0. The molecular weight excluding hydrogens is 124 g/mol. The molecule has 1 atom stereocenters. The van der Waals surface area contributed by atoms with Gasteiger partial charge in [-0.05, 0) is 12.8 Å². The Kier molecular flexibility index (Phi) is 7.04. The third kappa shape index (κ3) is 4.80. The Morgan fingerprint density at radius 1 is 1.40 bits per heavy atom. The van der Waals surface area contributed by atoms with E-state index in [1.54, 1.807) is 7.11 Å². The highest BCUT2D eigenvalue weighted by molar-refractivity contribution is 4.74. The van der Waals surface area contributed by atoms with E-state index in [4.69, 9.17) is 4.74 Å². The third-order valence-corrected chi connectivity index (χ3v) is 1.64. The highest BCUT2D eigenvalue weighted by Gasteiger charge is 2.03. The Morgan fingerprint density at radius 2 is 2.10 bits per heavy atom. The van der Waals surface area contributed by atoms with Crippen LogP contribution in [0, 0.1) is 6.42 Å².